The minimum Gasteiger partial charge on any atom is -0.358 e. The Morgan fingerprint density at radius 3 is 1.44 bits per heavy atom. The second-order valence-corrected chi connectivity index (χ2v) is 17.7. The predicted octanol–water partition coefficient (Wildman–Crippen LogP) is 11.4. The fraction of sp³-hybridized carbons (Fsp3) is 0.256. The van der Waals surface area contributed by atoms with E-state index in [9.17, 15) is 0 Å². The molecular formula is C43H48HfSi. The number of fused-ring (bicyclic) bond motifs is 2. The first-order valence-corrected chi connectivity index (χ1v) is 18.5. The number of benzene rings is 4. The molecule has 0 heterocycles. The van der Waals surface area contributed by atoms with Crippen molar-refractivity contribution in [3.63, 3.8) is 0 Å². The van der Waals surface area contributed by atoms with Gasteiger partial charge >= 0.3 is 25.8 Å². The van der Waals surface area contributed by atoms with E-state index in [1.54, 1.807) is 10.4 Å². The van der Waals surface area contributed by atoms with E-state index in [1.165, 1.54) is 98.2 Å². The zero-order chi connectivity index (χ0) is 29.0. The Labute approximate surface area is 292 Å². The van der Waals surface area contributed by atoms with Gasteiger partial charge in [-0.2, -0.15) is 12.1 Å². The van der Waals surface area contributed by atoms with Crippen LogP contribution in [0, 0.1) is 42.5 Å². The first kappa shape index (κ1) is 35.0. The van der Waals surface area contributed by atoms with Crippen molar-refractivity contribution in [1.29, 1.82) is 0 Å². The second kappa shape index (κ2) is 13.9. The molecule has 45 heavy (non-hydrogen) atoms. The monoisotopic (exact) mass is 772 g/mol. The van der Waals surface area contributed by atoms with Crippen LogP contribution in [0.15, 0.2) is 97.1 Å². The van der Waals surface area contributed by atoms with E-state index < -0.39 is 8.07 Å². The summed E-state index contributed by atoms with van der Waals surface area (Å²) in [5.41, 5.74) is 11.6. The number of rotatable bonds is 5. The zero-order valence-corrected chi connectivity index (χ0v) is 32.9. The molecule has 0 bridgehead atoms. The number of aryl methyl sites for hydroxylation is 4. The normalized spacial score (nSPS) is 13.7. The van der Waals surface area contributed by atoms with Gasteiger partial charge < -0.3 is 14.9 Å². The molecule has 1 aliphatic carbocycles. The zero-order valence-electron chi connectivity index (χ0n) is 28.4. The number of hydrogen-bond donors (Lipinski definition) is 0. The van der Waals surface area contributed by atoms with Gasteiger partial charge in [-0.3, -0.25) is 0 Å². The van der Waals surface area contributed by atoms with Crippen LogP contribution >= 0.6 is 0 Å². The summed E-state index contributed by atoms with van der Waals surface area (Å²) in [6, 6.07) is 38.0. The van der Waals surface area contributed by atoms with Crippen LogP contribution in [0.3, 0.4) is 0 Å². The van der Waals surface area contributed by atoms with Gasteiger partial charge in [0.25, 0.3) is 0 Å². The Morgan fingerprint density at radius 2 is 1.00 bits per heavy atom. The summed E-state index contributed by atoms with van der Waals surface area (Å²) < 4.78 is 0. The molecule has 0 aliphatic heterocycles. The SMILES string of the molecule is Cc1ccc(C)c(-c2cccc3[cH-]c([Si](C)(c4cc5c(-c6cc(C)ccc6C)cccc5[cH-]4)C4CCCCC4)cc23)c1.[CH3-].[CH3-].[Hf+4]. The molecule has 1 saturated carbocycles. The maximum atomic E-state index is 2.70. The van der Waals surface area contributed by atoms with Crippen LogP contribution in [0.5, 0.6) is 0 Å². The Bertz CT molecular complexity index is 1800. The van der Waals surface area contributed by atoms with Gasteiger partial charge in [0.15, 0.2) is 0 Å². The summed E-state index contributed by atoms with van der Waals surface area (Å²) in [7, 11) is -2.06. The average molecular weight is 771 g/mol. The van der Waals surface area contributed by atoms with Crippen LogP contribution in [0.1, 0.15) is 54.4 Å². The third-order valence-electron chi connectivity index (χ3n) is 10.5. The third kappa shape index (κ3) is 6.18. The fourth-order valence-electron chi connectivity index (χ4n) is 7.91. The van der Waals surface area contributed by atoms with Crippen molar-refractivity contribution < 1.29 is 25.8 Å². The van der Waals surface area contributed by atoms with Gasteiger partial charge in [-0.25, -0.2) is 0 Å². The van der Waals surface area contributed by atoms with Gasteiger partial charge in [0.1, 0.15) is 0 Å². The van der Waals surface area contributed by atoms with Crippen molar-refractivity contribution in [2.45, 2.75) is 71.9 Å². The average Bonchev–Trinajstić information content (AvgIpc) is 3.65. The molecule has 2 heteroatoms. The van der Waals surface area contributed by atoms with E-state index >= 15 is 0 Å². The Hall–Kier alpha value is -2.81. The Kier molecular flexibility index (Phi) is 10.8. The predicted molar refractivity (Wildman–Crippen MR) is 199 cm³/mol. The Balaban J connectivity index is 0.00000154. The van der Waals surface area contributed by atoms with E-state index in [1.807, 2.05) is 0 Å². The van der Waals surface area contributed by atoms with Crippen LogP contribution < -0.4 is 10.4 Å². The van der Waals surface area contributed by atoms with Gasteiger partial charge in [-0.1, -0.05) is 109 Å². The van der Waals surface area contributed by atoms with Gasteiger partial charge in [-0.05, 0) is 55.5 Å². The molecule has 6 aromatic rings. The standard InChI is InChI=1S/C41H42Si.2CH3.Hf/c1-27-17-19-29(3)38(21-27)36-15-9-11-31-23-34(25-40(31)36)42(5,33-13-7-6-8-14-33)35-24-32-12-10-16-37(41(32)26-35)39-22-28(2)18-20-30(39)4;;;/h9-12,15-26,33H,6-8,13-14H2,1-5H3;2*1H3;/q-2;2*-1;+4. The van der Waals surface area contributed by atoms with E-state index in [-0.39, 0.29) is 40.7 Å². The van der Waals surface area contributed by atoms with E-state index in [2.05, 4.69) is 131 Å². The molecule has 0 saturated heterocycles. The minimum absolute atomic E-state index is 0. The second-order valence-electron chi connectivity index (χ2n) is 13.3. The molecule has 0 N–H and O–H groups in total. The molecule has 7 rings (SSSR count). The molecule has 1 fully saturated rings. The largest absolute Gasteiger partial charge is 4.00 e. The van der Waals surface area contributed by atoms with Crippen LogP contribution in [-0.2, 0) is 25.8 Å². The molecule has 6 aromatic carbocycles. The summed E-state index contributed by atoms with van der Waals surface area (Å²) >= 11 is 0. The van der Waals surface area contributed by atoms with Gasteiger partial charge in [0.2, 0.25) is 0 Å². The molecule has 228 valence electrons. The van der Waals surface area contributed by atoms with E-state index in [0.29, 0.717) is 0 Å². The molecule has 1 aliphatic rings. The van der Waals surface area contributed by atoms with E-state index in [0.717, 1.165) is 5.54 Å². The quantitative estimate of drug-likeness (QED) is 0.121. The fourth-order valence-corrected chi connectivity index (χ4v) is 12.5. The maximum Gasteiger partial charge on any atom is 4.00 e. The van der Waals surface area contributed by atoms with E-state index in [4.69, 9.17) is 0 Å². The molecule has 0 aromatic heterocycles. The molecule has 0 nitrogen and oxygen atoms in total. The summed E-state index contributed by atoms with van der Waals surface area (Å²) in [5, 5.41) is 8.86. The van der Waals surface area contributed by atoms with Crippen molar-refractivity contribution in [2.24, 2.45) is 0 Å². The van der Waals surface area contributed by atoms with Gasteiger partial charge in [-0.15, -0.1) is 68.3 Å². The molecular weight excluding hydrogens is 723 g/mol. The van der Waals surface area contributed by atoms with Crippen molar-refractivity contribution in [3.05, 3.63) is 134 Å². The topological polar surface area (TPSA) is 0 Å². The first-order chi connectivity index (χ1) is 20.3. The smallest absolute Gasteiger partial charge is 0.358 e. The molecule has 0 amide bonds. The van der Waals surface area contributed by atoms with Crippen LogP contribution in [-0.4, -0.2) is 8.07 Å². The van der Waals surface area contributed by atoms with Crippen molar-refractivity contribution in [3.8, 4) is 22.3 Å². The van der Waals surface area contributed by atoms with Crippen LogP contribution in [0.2, 0.25) is 12.1 Å². The van der Waals surface area contributed by atoms with Gasteiger partial charge in [0.05, 0.1) is 8.07 Å². The summed E-state index contributed by atoms with van der Waals surface area (Å²) in [6.07, 6.45) is 6.85. The molecule has 0 unspecified atom stereocenters. The Morgan fingerprint density at radius 1 is 0.556 bits per heavy atom. The van der Waals surface area contributed by atoms with Crippen molar-refractivity contribution >= 4 is 40.0 Å². The van der Waals surface area contributed by atoms with Crippen molar-refractivity contribution in [2.75, 3.05) is 0 Å². The van der Waals surface area contributed by atoms with Crippen LogP contribution in [0.4, 0.5) is 0 Å². The maximum absolute atomic E-state index is 2.70. The summed E-state index contributed by atoms with van der Waals surface area (Å²) in [5.74, 6) is 0. The van der Waals surface area contributed by atoms with Crippen molar-refractivity contribution in [1.82, 2.24) is 0 Å². The first-order valence-electron chi connectivity index (χ1n) is 15.9. The number of hydrogen-bond acceptors (Lipinski definition) is 0. The molecule has 0 radical (unpaired) electrons. The van der Waals surface area contributed by atoms with Crippen LogP contribution in [0.25, 0.3) is 43.8 Å². The summed E-state index contributed by atoms with van der Waals surface area (Å²) in [4.78, 5) is 0. The molecule has 0 atom stereocenters. The minimum atomic E-state index is -2.06. The third-order valence-corrected chi connectivity index (χ3v) is 15.7. The summed E-state index contributed by atoms with van der Waals surface area (Å²) in [6.45, 7) is 11.6. The van der Waals surface area contributed by atoms with Gasteiger partial charge in [0, 0.05) is 0 Å². The molecule has 0 spiro atoms.